The molecule has 1 fully saturated rings. The smallest absolute Gasteiger partial charge is 0.165 e. The molecule has 0 bridgehead atoms. The van der Waals surface area contributed by atoms with Gasteiger partial charge in [-0.3, -0.25) is 0 Å². The van der Waals surface area contributed by atoms with Crippen LogP contribution in [-0.4, -0.2) is 22.4 Å². The van der Waals surface area contributed by atoms with Gasteiger partial charge in [0.1, 0.15) is 6.10 Å². The number of hydrogen-bond acceptors (Lipinski definition) is 3. The van der Waals surface area contributed by atoms with Crippen molar-refractivity contribution in [2.75, 3.05) is 0 Å². The average Bonchev–Trinajstić information content (AvgIpc) is 2.57. The summed E-state index contributed by atoms with van der Waals surface area (Å²) in [5, 5.41) is 19.3. The van der Waals surface area contributed by atoms with E-state index in [1.54, 1.807) is 13.0 Å². The summed E-state index contributed by atoms with van der Waals surface area (Å²) in [6.07, 6.45) is 2.95. The SMILES string of the molecule is CC(O)c1ccc(OC2CCCCCC2O)c(F)c1. The zero-order chi connectivity index (χ0) is 13.8. The Morgan fingerprint density at radius 2 is 2.00 bits per heavy atom. The number of ether oxygens (including phenoxy) is 1. The molecule has 3 nitrogen and oxygen atoms in total. The fourth-order valence-electron chi connectivity index (χ4n) is 2.43. The molecule has 106 valence electrons. The van der Waals surface area contributed by atoms with Gasteiger partial charge in [0.2, 0.25) is 0 Å². The number of aliphatic hydroxyl groups excluding tert-OH is 2. The van der Waals surface area contributed by atoms with E-state index in [0.29, 0.717) is 12.0 Å². The maximum Gasteiger partial charge on any atom is 0.165 e. The third kappa shape index (κ3) is 3.67. The predicted molar refractivity (Wildman–Crippen MR) is 70.5 cm³/mol. The molecule has 1 aliphatic rings. The van der Waals surface area contributed by atoms with Crippen molar-refractivity contribution in [3.63, 3.8) is 0 Å². The van der Waals surface area contributed by atoms with Crippen LogP contribution in [0.15, 0.2) is 18.2 Å². The fraction of sp³-hybridized carbons (Fsp3) is 0.600. The molecule has 19 heavy (non-hydrogen) atoms. The van der Waals surface area contributed by atoms with Crippen molar-refractivity contribution in [2.45, 2.75) is 57.3 Å². The van der Waals surface area contributed by atoms with E-state index in [2.05, 4.69) is 0 Å². The van der Waals surface area contributed by atoms with Crippen LogP contribution in [0.3, 0.4) is 0 Å². The van der Waals surface area contributed by atoms with E-state index in [1.165, 1.54) is 12.1 Å². The van der Waals surface area contributed by atoms with Gasteiger partial charge in [0, 0.05) is 0 Å². The lowest BCUT2D eigenvalue weighted by Gasteiger charge is -2.22. The van der Waals surface area contributed by atoms with E-state index in [4.69, 9.17) is 4.74 Å². The van der Waals surface area contributed by atoms with Crippen LogP contribution in [0.1, 0.15) is 50.7 Å². The normalized spacial score (nSPS) is 25.7. The van der Waals surface area contributed by atoms with Gasteiger partial charge in [0.05, 0.1) is 12.2 Å². The molecule has 0 amide bonds. The molecule has 0 radical (unpaired) electrons. The minimum atomic E-state index is -0.702. The van der Waals surface area contributed by atoms with Gasteiger partial charge in [-0.25, -0.2) is 4.39 Å². The summed E-state index contributed by atoms with van der Waals surface area (Å²) in [4.78, 5) is 0. The lowest BCUT2D eigenvalue weighted by atomic mass is 10.1. The fourth-order valence-corrected chi connectivity index (χ4v) is 2.43. The average molecular weight is 268 g/mol. The van der Waals surface area contributed by atoms with Crippen molar-refractivity contribution in [1.29, 1.82) is 0 Å². The quantitative estimate of drug-likeness (QED) is 0.829. The molecule has 1 aromatic rings. The first-order valence-corrected chi connectivity index (χ1v) is 6.90. The molecule has 0 aromatic heterocycles. The van der Waals surface area contributed by atoms with Gasteiger partial charge in [-0.1, -0.05) is 18.9 Å². The molecule has 1 aliphatic carbocycles. The molecule has 0 heterocycles. The molecule has 2 N–H and O–H groups in total. The Morgan fingerprint density at radius 1 is 1.26 bits per heavy atom. The Kier molecular flexibility index (Phi) is 4.77. The summed E-state index contributed by atoms with van der Waals surface area (Å²) in [6.45, 7) is 1.59. The van der Waals surface area contributed by atoms with Crippen LogP contribution in [0.4, 0.5) is 4.39 Å². The van der Waals surface area contributed by atoms with Gasteiger partial charge in [0.15, 0.2) is 11.6 Å². The lowest BCUT2D eigenvalue weighted by molar-refractivity contribution is 0.0297. The second-order valence-electron chi connectivity index (χ2n) is 5.23. The Hall–Kier alpha value is -1.13. The van der Waals surface area contributed by atoms with Crippen molar-refractivity contribution in [2.24, 2.45) is 0 Å². The van der Waals surface area contributed by atoms with E-state index in [-0.39, 0.29) is 11.9 Å². The second-order valence-corrected chi connectivity index (χ2v) is 5.23. The topological polar surface area (TPSA) is 49.7 Å². The van der Waals surface area contributed by atoms with Crippen LogP contribution >= 0.6 is 0 Å². The minimum Gasteiger partial charge on any atom is -0.485 e. The summed E-state index contributed by atoms with van der Waals surface area (Å²) in [5.41, 5.74) is 0.520. The highest BCUT2D eigenvalue weighted by Crippen LogP contribution is 2.27. The summed E-state index contributed by atoms with van der Waals surface area (Å²) in [7, 11) is 0. The molecule has 2 rings (SSSR count). The molecule has 0 aliphatic heterocycles. The van der Waals surface area contributed by atoms with Crippen molar-refractivity contribution in [1.82, 2.24) is 0 Å². The molecule has 0 saturated heterocycles. The first-order valence-electron chi connectivity index (χ1n) is 6.90. The summed E-state index contributed by atoms with van der Waals surface area (Å²) in [5.74, 6) is -0.342. The molecular weight excluding hydrogens is 247 g/mol. The monoisotopic (exact) mass is 268 g/mol. The van der Waals surface area contributed by atoms with E-state index in [0.717, 1.165) is 25.7 Å². The molecule has 4 heteroatoms. The van der Waals surface area contributed by atoms with Gasteiger partial charge < -0.3 is 14.9 Å². The van der Waals surface area contributed by atoms with Crippen molar-refractivity contribution in [3.05, 3.63) is 29.6 Å². The van der Waals surface area contributed by atoms with Gasteiger partial charge in [-0.2, -0.15) is 0 Å². The Bertz CT molecular complexity index is 420. The van der Waals surface area contributed by atoms with Gasteiger partial charge in [0.25, 0.3) is 0 Å². The van der Waals surface area contributed by atoms with E-state index < -0.39 is 18.0 Å². The van der Waals surface area contributed by atoms with Gasteiger partial charge in [-0.05, 0) is 43.9 Å². The molecule has 3 atom stereocenters. The summed E-state index contributed by atoms with van der Waals surface area (Å²) in [6, 6.07) is 4.45. The van der Waals surface area contributed by atoms with Crippen LogP contribution in [0.2, 0.25) is 0 Å². The van der Waals surface area contributed by atoms with Crippen LogP contribution in [0, 0.1) is 5.82 Å². The molecular formula is C15H21FO3. The van der Waals surface area contributed by atoms with Gasteiger partial charge >= 0.3 is 0 Å². The highest BCUT2D eigenvalue weighted by atomic mass is 19.1. The first-order chi connectivity index (χ1) is 9.08. The van der Waals surface area contributed by atoms with Crippen LogP contribution in [-0.2, 0) is 0 Å². The van der Waals surface area contributed by atoms with Crippen LogP contribution < -0.4 is 4.74 Å². The largest absolute Gasteiger partial charge is 0.485 e. The number of aliphatic hydroxyl groups is 2. The van der Waals surface area contributed by atoms with Crippen molar-refractivity contribution >= 4 is 0 Å². The molecule has 0 spiro atoms. The Morgan fingerprint density at radius 3 is 2.68 bits per heavy atom. The van der Waals surface area contributed by atoms with Crippen LogP contribution in [0.25, 0.3) is 0 Å². The maximum absolute atomic E-state index is 13.9. The number of rotatable bonds is 3. The second kappa shape index (κ2) is 6.35. The van der Waals surface area contributed by atoms with Crippen LogP contribution in [0.5, 0.6) is 5.75 Å². The van der Waals surface area contributed by atoms with Crippen molar-refractivity contribution < 1.29 is 19.3 Å². The number of benzene rings is 1. The number of hydrogen-bond donors (Lipinski definition) is 2. The highest BCUT2D eigenvalue weighted by molar-refractivity contribution is 5.30. The zero-order valence-corrected chi connectivity index (χ0v) is 11.2. The lowest BCUT2D eigenvalue weighted by Crippen LogP contribution is -2.30. The third-order valence-corrected chi connectivity index (χ3v) is 3.63. The van der Waals surface area contributed by atoms with E-state index in [9.17, 15) is 14.6 Å². The molecule has 1 aromatic carbocycles. The Balaban J connectivity index is 2.09. The molecule has 3 unspecified atom stereocenters. The maximum atomic E-state index is 13.9. The predicted octanol–water partition coefficient (Wildman–Crippen LogP) is 2.95. The number of halogens is 1. The highest BCUT2D eigenvalue weighted by Gasteiger charge is 2.24. The minimum absolute atomic E-state index is 0.148. The zero-order valence-electron chi connectivity index (χ0n) is 11.2. The first kappa shape index (κ1) is 14.3. The van der Waals surface area contributed by atoms with Crippen molar-refractivity contribution in [3.8, 4) is 5.75 Å². The standard InChI is InChI=1S/C15H21FO3/c1-10(17)11-7-8-14(12(16)9-11)19-15-6-4-2-3-5-13(15)18/h7-10,13,15,17-18H,2-6H2,1H3. The summed E-state index contributed by atoms with van der Waals surface area (Å²) < 4.78 is 19.5. The summed E-state index contributed by atoms with van der Waals surface area (Å²) >= 11 is 0. The van der Waals surface area contributed by atoms with Gasteiger partial charge in [-0.15, -0.1) is 0 Å². The van der Waals surface area contributed by atoms with E-state index >= 15 is 0 Å². The third-order valence-electron chi connectivity index (χ3n) is 3.63. The van der Waals surface area contributed by atoms with E-state index in [1.807, 2.05) is 0 Å². The molecule has 1 saturated carbocycles. The Labute approximate surface area is 113 Å².